The first kappa shape index (κ1) is 15.4. The van der Waals surface area contributed by atoms with Crippen LogP contribution in [0.3, 0.4) is 0 Å². The molecule has 1 heterocycles. The summed E-state index contributed by atoms with van der Waals surface area (Å²) in [5, 5.41) is 5.81. The van der Waals surface area contributed by atoms with Gasteiger partial charge in [-0.3, -0.25) is 0 Å². The van der Waals surface area contributed by atoms with E-state index in [9.17, 15) is 9.18 Å². The molecule has 1 aromatic carbocycles. The van der Waals surface area contributed by atoms with E-state index in [4.69, 9.17) is 0 Å². The van der Waals surface area contributed by atoms with E-state index in [1.54, 1.807) is 35.4 Å². The lowest BCUT2D eigenvalue weighted by Crippen LogP contribution is -2.38. The number of carbonyl (C=O) groups is 1. The van der Waals surface area contributed by atoms with Gasteiger partial charge in [0, 0.05) is 12.4 Å². The van der Waals surface area contributed by atoms with E-state index in [2.05, 4.69) is 10.3 Å². The zero-order chi connectivity index (χ0) is 15.4. The van der Waals surface area contributed by atoms with E-state index in [-0.39, 0.29) is 17.9 Å². The predicted molar refractivity (Wildman–Crippen MR) is 81.7 cm³/mol. The van der Waals surface area contributed by atoms with Crippen LogP contribution >= 0.6 is 11.3 Å². The van der Waals surface area contributed by atoms with E-state index < -0.39 is 0 Å². The molecular formula is C15H18FN3OS. The van der Waals surface area contributed by atoms with Gasteiger partial charge < -0.3 is 10.2 Å². The van der Waals surface area contributed by atoms with Crippen LogP contribution in [-0.4, -0.2) is 23.0 Å². The number of benzene rings is 1. The summed E-state index contributed by atoms with van der Waals surface area (Å²) < 4.78 is 12.9. The number of nitrogens with one attached hydrogen (secondary N) is 1. The molecule has 4 nitrogen and oxygen atoms in total. The van der Waals surface area contributed by atoms with Crippen molar-refractivity contribution in [1.29, 1.82) is 0 Å². The zero-order valence-corrected chi connectivity index (χ0v) is 13.1. The Kier molecular flexibility index (Phi) is 4.90. The molecule has 2 amide bonds. The average Bonchev–Trinajstić information content (AvgIpc) is 2.84. The molecule has 21 heavy (non-hydrogen) atoms. The van der Waals surface area contributed by atoms with Crippen LogP contribution in [0.2, 0.25) is 0 Å². The van der Waals surface area contributed by atoms with E-state index in [1.807, 2.05) is 19.2 Å². The summed E-state index contributed by atoms with van der Waals surface area (Å²) in [6.45, 7) is 4.27. The predicted octanol–water partition coefficient (Wildman–Crippen LogP) is 3.49. The third kappa shape index (κ3) is 4.26. The largest absolute Gasteiger partial charge is 0.331 e. The average molecular weight is 307 g/mol. The Morgan fingerprint density at radius 3 is 2.67 bits per heavy atom. The third-order valence-electron chi connectivity index (χ3n) is 3.12. The molecular weight excluding hydrogens is 289 g/mol. The lowest BCUT2D eigenvalue weighted by molar-refractivity contribution is 0.203. The standard InChI is InChI=1S/C15H18FN3OS/c1-10(12-4-6-13(16)7-5-12)17-15(20)19(3)8-14-9-21-11(2)18-14/h4-7,9-10H,8H2,1-3H3,(H,17,20)/t10-/m0/s1. The van der Waals surface area contributed by atoms with Crippen LogP contribution in [0.25, 0.3) is 0 Å². The van der Waals surface area contributed by atoms with Gasteiger partial charge in [-0.1, -0.05) is 12.1 Å². The first-order chi connectivity index (χ1) is 9.95. The van der Waals surface area contributed by atoms with Crippen molar-refractivity contribution in [2.45, 2.75) is 26.4 Å². The highest BCUT2D eigenvalue weighted by atomic mass is 32.1. The maximum absolute atomic E-state index is 12.9. The quantitative estimate of drug-likeness (QED) is 0.939. The Morgan fingerprint density at radius 1 is 1.43 bits per heavy atom. The molecule has 1 atom stereocenters. The van der Waals surface area contributed by atoms with E-state index in [0.717, 1.165) is 16.3 Å². The molecule has 6 heteroatoms. The summed E-state index contributed by atoms with van der Waals surface area (Å²) in [6.07, 6.45) is 0. The summed E-state index contributed by atoms with van der Waals surface area (Å²) in [5.41, 5.74) is 1.74. The van der Waals surface area contributed by atoms with Crippen molar-refractivity contribution < 1.29 is 9.18 Å². The third-order valence-corrected chi connectivity index (χ3v) is 3.94. The molecule has 112 valence electrons. The molecule has 0 unspecified atom stereocenters. The summed E-state index contributed by atoms with van der Waals surface area (Å²) in [7, 11) is 1.72. The van der Waals surface area contributed by atoms with Crippen LogP contribution in [0.15, 0.2) is 29.6 Å². The molecule has 1 aromatic heterocycles. The van der Waals surface area contributed by atoms with Crippen LogP contribution in [0, 0.1) is 12.7 Å². The van der Waals surface area contributed by atoms with Gasteiger partial charge in [-0.25, -0.2) is 14.2 Å². The van der Waals surface area contributed by atoms with E-state index >= 15 is 0 Å². The molecule has 2 rings (SSSR count). The molecule has 0 aliphatic carbocycles. The van der Waals surface area contributed by atoms with Gasteiger partial charge in [0.05, 0.1) is 23.3 Å². The smallest absolute Gasteiger partial charge is 0.317 e. The fourth-order valence-corrected chi connectivity index (χ4v) is 2.53. The van der Waals surface area contributed by atoms with Crippen LogP contribution in [-0.2, 0) is 6.54 Å². The van der Waals surface area contributed by atoms with Crippen LogP contribution < -0.4 is 5.32 Å². The number of aromatic nitrogens is 1. The summed E-state index contributed by atoms with van der Waals surface area (Å²) in [5.74, 6) is -0.284. The Hall–Kier alpha value is -1.95. The number of urea groups is 1. The first-order valence-corrected chi connectivity index (χ1v) is 7.52. The highest BCUT2D eigenvalue weighted by molar-refractivity contribution is 7.09. The van der Waals surface area contributed by atoms with E-state index in [0.29, 0.717) is 6.54 Å². The summed E-state index contributed by atoms with van der Waals surface area (Å²) in [6, 6.07) is 5.75. The summed E-state index contributed by atoms with van der Waals surface area (Å²) in [4.78, 5) is 18.0. The fraction of sp³-hybridized carbons (Fsp3) is 0.333. The number of carbonyl (C=O) groups excluding carboxylic acids is 1. The minimum Gasteiger partial charge on any atom is -0.331 e. The monoisotopic (exact) mass is 307 g/mol. The normalized spacial score (nSPS) is 12.0. The lowest BCUT2D eigenvalue weighted by atomic mass is 10.1. The van der Waals surface area contributed by atoms with Crippen molar-refractivity contribution in [1.82, 2.24) is 15.2 Å². The number of nitrogens with zero attached hydrogens (tertiary/aromatic N) is 2. The van der Waals surface area contributed by atoms with E-state index in [1.165, 1.54) is 12.1 Å². The number of hydrogen-bond acceptors (Lipinski definition) is 3. The number of aryl methyl sites for hydroxylation is 1. The van der Waals surface area contributed by atoms with Gasteiger partial charge >= 0.3 is 6.03 Å². The van der Waals surface area contributed by atoms with Crippen molar-refractivity contribution in [3.8, 4) is 0 Å². The molecule has 0 saturated carbocycles. The van der Waals surface area contributed by atoms with Crippen molar-refractivity contribution >= 4 is 17.4 Å². The number of amides is 2. The summed E-state index contributed by atoms with van der Waals surface area (Å²) >= 11 is 1.57. The minimum atomic E-state index is -0.284. The number of rotatable bonds is 4. The van der Waals surface area contributed by atoms with Crippen molar-refractivity contribution in [2.24, 2.45) is 0 Å². The van der Waals surface area contributed by atoms with Gasteiger partial charge in [0.2, 0.25) is 0 Å². The van der Waals surface area contributed by atoms with Crippen molar-refractivity contribution in [2.75, 3.05) is 7.05 Å². The van der Waals surface area contributed by atoms with Gasteiger partial charge in [-0.2, -0.15) is 0 Å². The molecule has 0 radical (unpaired) electrons. The highest BCUT2D eigenvalue weighted by Gasteiger charge is 2.14. The minimum absolute atomic E-state index is 0.183. The molecule has 0 bridgehead atoms. The number of thiazole rings is 1. The van der Waals surface area contributed by atoms with Crippen LogP contribution in [0.5, 0.6) is 0 Å². The van der Waals surface area contributed by atoms with Gasteiger partial charge in [0.1, 0.15) is 5.82 Å². The molecule has 1 N–H and O–H groups in total. The number of hydrogen-bond donors (Lipinski definition) is 1. The second-order valence-electron chi connectivity index (χ2n) is 4.94. The van der Waals surface area contributed by atoms with Gasteiger partial charge in [0.15, 0.2) is 0 Å². The van der Waals surface area contributed by atoms with Crippen molar-refractivity contribution in [3.63, 3.8) is 0 Å². The Bertz CT molecular complexity index is 612. The Balaban J connectivity index is 1.92. The maximum Gasteiger partial charge on any atom is 0.317 e. The SMILES string of the molecule is Cc1nc(CN(C)C(=O)N[C@@H](C)c2ccc(F)cc2)cs1. The fourth-order valence-electron chi connectivity index (χ4n) is 1.93. The molecule has 2 aromatic rings. The van der Waals surface area contributed by atoms with Gasteiger partial charge in [-0.05, 0) is 31.5 Å². The molecule has 0 spiro atoms. The Labute approximate surface area is 127 Å². The second-order valence-corrected chi connectivity index (χ2v) is 6.00. The molecule has 0 saturated heterocycles. The van der Waals surface area contributed by atoms with Crippen LogP contribution in [0.4, 0.5) is 9.18 Å². The molecule has 0 fully saturated rings. The zero-order valence-electron chi connectivity index (χ0n) is 12.3. The molecule has 0 aliphatic rings. The van der Waals surface area contributed by atoms with Crippen molar-refractivity contribution in [3.05, 3.63) is 51.7 Å². The lowest BCUT2D eigenvalue weighted by Gasteiger charge is -2.21. The Morgan fingerprint density at radius 2 is 2.10 bits per heavy atom. The topological polar surface area (TPSA) is 45.2 Å². The molecule has 0 aliphatic heterocycles. The highest BCUT2D eigenvalue weighted by Crippen LogP contribution is 2.14. The first-order valence-electron chi connectivity index (χ1n) is 6.64. The van der Waals surface area contributed by atoms with Crippen LogP contribution in [0.1, 0.15) is 29.2 Å². The maximum atomic E-state index is 12.9. The van der Waals surface area contributed by atoms with Gasteiger partial charge in [0.25, 0.3) is 0 Å². The second kappa shape index (κ2) is 6.67. The number of halogens is 1. The van der Waals surface area contributed by atoms with Gasteiger partial charge in [-0.15, -0.1) is 11.3 Å².